The highest BCUT2D eigenvalue weighted by atomic mass is 16.2. The van der Waals surface area contributed by atoms with Crippen molar-refractivity contribution in [1.29, 1.82) is 0 Å². The molecule has 1 aliphatic rings. The number of aromatic nitrogens is 2. The number of amides is 1. The Morgan fingerprint density at radius 3 is 2.58 bits per heavy atom. The molecule has 5 nitrogen and oxygen atoms in total. The van der Waals surface area contributed by atoms with E-state index in [1.807, 2.05) is 41.3 Å². The lowest BCUT2D eigenvalue weighted by Gasteiger charge is -2.23. The van der Waals surface area contributed by atoms with Crippen LogP contribution in [0.25, 0.3) is 10.9 Å². The summed E-state index contributed by atoms with van der Waals surface area (Å²) in [6.07, 6.45) is 3.87. The molecule has 0 spiro atoms. The molecule has 0 aliphatic heterocycles. The topological polar surface area (TPSA) is 55.2 Å². The summed E-state index contributed by atoms with van der Waals surface area (Å²) in [6.45, 7) is 1.13. The first-order valence-electron chi connectivity index (χ1n) is 9.00. The van der Waals surface area contributed by atoms with Gasteiger partial charge >= 0.3 is 0 Å². The van der Waals surface area contributed by atoms with Crippen LogP contribution in [-0.2, 0) is 17.9 Å². The predicted molar refractivity (Wildman–Crippen MR) is 101 cm³/mol. The minimum Gasteiger partial charge on any atom is -0.335 e. The van der Waals surface area contributed by atoms with Crippen LogP contribution in [0.2, 0.25) is 0 Å². The number of aryl methyl sites for hydroxylation is 1. The van der Waals surface area contributed by atoms with Gasteiger partial charge in [0.15, 0.2) is 0 Å². The Bertz CT molecular complexity index is 977. The van der Waals surface area contributed by atoms with Crippen LogP contribution in [0.3, 0.4) is 0 Å². The van der Waals surface area contributed by atoms with Crippen molar-refractivity contribution in [1.82, 2.24) is 14.7 Å². The van der Waals surface area contributed by atoms with E-state index in [1.165, 1.54) is 6.20 Å². The molecule has 2 aromatic carbocycles. The molecule has 1 saturated carbocycles. The maximum Gasteiger partial charge on any atom is 0.224 e. The summed E-state index contributed by atoms with van der Waals surface area (Å²) in [5.74, 6) is 0.140. The Kier molecular flexibility index (Phi) is 4.52. The van der Waals surface area contributed by atoms with Crippen LogP contribution in [0.5, 0.6) is 0 Å². The van der Waals surface area contributed by atoms with E-state index in [2.05, 4.69) is 17.2 Å². The Balaban J connectivity index is 1.49. The molecule has 0 bridgehead atoms. The molecule has 1 aliphatic carbocycles. The number of rotatable bonds is 6. The van der Waals surface area contributed by atoms with Gasteiger partial charge in [0.25, 0.3) is 0 Å². The maximum absolute atomic E-state index is 12.8. The minimum atomic E-state index is -0.0909. The SMILES string of the molecule is O=C(CCn1ncc(=O)c2ccccc21)N(Cc1ccccc1)C1CC1. The summed E-state index contributed by atoms with van der Waals surface area (Å²) in [5, 5.41) is 4.85. The standard InChI is InChI=1S/C21H21N3O2/c25-20-14-22-24(19-9-5-4-8-18(19)20)13-12-21(26)23(17-10-11-17)15-16-6-2-1-3-7-16/h1-9,14,17H,10-13,15H2. The van der Waals surface area contributed by atoms with E-state index < -0.39 is 0 Å². The fraction of sp³-hybridized carbons (Fsp3) is 0.286. The van der Waals surface area contributed by atoms with Crippen LogP contribution >= 0.6 is 0 Å². The number of fused-ring (bicyclic) bond motifs is 1. The molecule has 132 valence electrons. The quantitative estimate of drug-likeness (QED) is 0.689. The van der Waals surface area contributed by atoms with E-state index in [9.17, 15) is 9.59 Å². The normalized spacial score (nSPS) is 13.7. The Labute approximate surface area is 151 Å². The second-order valence-electron chi connectivity index (χ2n) is 6.74. The van der Waals surface area contributed by atoms with E-state index >= 15 is 0 Å². The Morgan fingerprint density at radius 2 is 1.81 bits per heavy atom. The third kappa shape index (κ3) is 3.52. The Morgan fingerprint density at radius 1 is 1.08 bits per heavy atom. The first-order valence-corrected chi connectivity index (χ1v) is 9.00. The van der Waals surface area contributed by atoms with Gasteiger partial charge in [-0.1, -0.05) is 42.5 Å². The second-order valence-corrected chi connectivity index (χ2v) is 6.74. The average molecular weight is 347 g/mol. The second kappa shape index (κ2) is 7.12. The zero-order valence-electron chi connectivity index (χ0n) is 14.5. The lowest BCUT2D eigenvalue weighted by atomic mass is 10.2. The predicted octanol–water partition coefficient (Wildman–Crippen LogP) is 2.98. The highest BCUT2D eigenvalue weighted by molar-refractivity contribution is 5.79. The van der Waals surface area contributed by atoms with Crippen molar-refractivity contribution in [2.75, 3.05) is 0 Å². The summed E-state index contributed by atoms with van der Waals surface area (Å²) in [4.78, 5) is 26.7. The van der Waals surface area contributed by atoms with Crippen molar-refractivity contribution in [2.45, 2.75) is 38.4 Å². The van der Waals surface area contributed by atoms with E-state index in [-0.39, 0.29) is 11.3 Å². The Hall–Kier alpha value is -2.95. The van der Waals surface area contributed by atoms with Crippen molar-refractivity contribution in [3.8, 4) is 0 Å². The van der Waals surface area contributed by atoms with Crippen LogP contribution in [0.15, 0.2) is 65.6 Å². The van der Waals surface area contributed by atoms with Gasteiger partial charge in [-0.2, -0.15) is 5.10 Å². The first-order chi connectivity index (χ1) is 12.7. The molecule has 1 heterocycles. The molecule has 4 rings (SSSR count). The zero-order chi connectivity index (χ0) is 17.9. The van der Waals surface area contributed by atoms with Crippen molar-refractivity contribution in [3.05, 3.63) is 76.6 Å². The summed E-state index contributed by atoms with van der Waals surface area (Å²) in [6, 6.07) is 17.9. The lowest BCUT2D eigenvalue weighted by Crippen LogP contribution is -2.33. The summed E-state index contributed by atoms with van der Waals surface area (Å²) >= 11 is 0. The number of para-hydroxylation sites is 1. The third-order valence-corrected chi connectivity index (χ3v) is 4.80. The van der Waals surface area contributed by atoms with E-state index in [1.54, 1.807) is 10.7 Å². The highest BCUT2D eigenvalue weighted by Gasteiger charge is 2.32. The fourth-order valence-electron chi connectivity index (χ4n) is 3.27. The average Bonchev–Trinajstić information content (AvgIpc) is 3.51. The van der Waals surface area contributed by atoms with Gasteiger partial charge in [-0.25, -0.2) is 0 Å². The highest BCUT2D eigenvalue weighted by Crippen LogP contribution is 2.29. The molecule has 3 aromatic rings. The minimum absolute atomic E-state index is 0.0909. The van der Waals surface area contributed by atoms with Crippen molar-refractivity contribution in [3.63, 3.8) is 0 Å². The molecule has 0 N–H and O–H groups in total. The smallest absolute Gasteiger partial charge is 0.224 e. The third-order valence-electron chi connectivity index (χ3n) is 4.80. The molecule has 1 fully saturated rings. The van der Waals surface area contributed by atoms with Gasteiger partial charge in [-0.15, -0.1) is 0 Å². The molecule has 0 unspecified atom stereocenters. The molecule has 1 aromatic heterocycles. The monoisotopic (exact) mass is 347 g/mol. The molecular formula is C21H21N3O2. The number of hydrogen-bond acceptors (Lipinski definition) is 3. The van der Waals surface area contributed by atoms with Gasteiger partial charge in [0.1, 0.15) is 0 Å². The molecule has 0 radical (unpaired) electrons. The van der Waals surface area contributed by atoms with E-state index in [0.29, 0.717) is 30.9 Å². The largest absolute Gasteiger partial charge is 0.335 e. The number of carbonyl (C=O) groups excluding carboxylic acids is 1. The van der Waals surface area contributed by atoms with Gasteiger partial charge in [0, 0.05) is 24.4 Å². The van der Waals surface area contributed by atoms with Crippen LogP contribution in [0.4, 0.5) is 0 Å². The first kappa shape index (κ1) is 16.5. The van der Waals surface area contributed by atoms with E-state index in [0.717, 1.165) is 23.9 Å². The van der Waals surface area contributed by atoms with Crippen molar-refractivity contribution >= 4 is 16.8 Å². The van der Waals surface area contributed by atoms with E-state index in [4.69, 9.17) is 0 Å². The lowest BCUT2D eigenvalue weighted by molar-refractivity contribution is -0.132. The van der Waals surface area contributed by atoms with Gasteiger partial charge in [-0.3, -0.25) is 14.3 Å². The molecule has 1 amide bonds. The van der Waals surface area contributed by atoms with Crippen LogP contribution in [0, 0.1) is 0 Å². The molecular weight excluding hydrogens is 326 g/mol. The van der Waals surface area contributed by atoms with Crippen LogP contribution < -0.4 is 5.43 Å². The van der Waals surface area contributed by atoms with Gasteiger partial charge in [0.2, 0.25) is 11.3 Å². The molecule has 5 heteroatoms. The van der Waals surface area contributed by atoms with Crippen molar-refractivity contribution < 1.29 is 4.79 Å². The van der Waals surface area contributed by atoms with Gasteiger partial charge < -0.3 is 4.90 Å². The van der Waals surface area contributed by atoms with Crippen molar-refractivity contribution in [2.24, 2.45) is 0 Å². The number of nitrogens with zero attached hydrogens (tertiary/aromatic N) is 3. The maximum atomic E-state index is 12.8. The fourth-order valence-corrected chi connectivity index (χ4v) is 3.27. The zero-order valence-corrected chi connectivity index (χ0v) is 14.5. The van der Waals surface area contributed by atoms with Gasteiger partial charge in [-0.05, 0) is 30.5 Å². The molecule has 26 heavy (non-hydrogen) atoms. The van der Waals surface area contributed by atoms with Gasteiger partial charge in [0.05, 0.1) is 18.3 Å². The number of carbonyl (C=O) groups is 1. The molecule has 0 atom stereocenters. The molecule has 0 saturated heterocycles. The number of hydrogen-bond donors (Lipinski definition) is 0. The summed E-state index contributed by atoms with van der Waals surface area (Å²) in [7, 11) is 0. The van der Waals surface area contributed by atoms with Crippen LogP contribution in [-0.4, -0.2) is 26.6 Å². The number of benzene rings is 2. The van der Waals surface area contributed by atoms with Crippen LogP contribution in [0.1, 0.15) is 24.8 Å². The summed E-state index contributed by atoms with van der Waals surface area (Å²) < 4.78 is 1.75. The summed E-state index contributed by atoms with van der Waals surface area (Å²) in [5.41, 5.74) is 1.83.